The van der Waals surface area contributed by atoms with Gasteiger partial charge in [0.15, 0.2) is 14.6 Å². The van der Waals surface area contributed by atoms with Crippen LogP contribution in [0.4, 0.5) is 0 Å². The molecule has 0 atom stereocenters. The molecule has 2 aromatic carbocycles. The van der Waals surface area contributed by atoms with Gasteiger partial charge in [0, 0.05) is 24.3 Å². The van der Waals surface area contributed by atoms with Gasteiger partial charge >= 0.3 is 0 Å². The van der Waals surface area contributed by atoms with Crippen LogP contribution < -0.4 is 4.80 Å². The number of benzene rings is 2. The number of thiazole rings is 1. The molecule has 3 rings (SSSR count). The van der Waals surface area contributed by atoms with Crippen molar-refractivity contribution < 1.29 is 17.9 Å². The summed E-state index contributed by atoms with van der Waals surface area (Å²) in [4.78, 5) is 19.0. The number of carbonyl (C=O) groups is 1. The van der Waals surface area contributed by atoms with E-state index in [1.54, 1.807) is 30.0 Å². The Morgan fingerprint density at radius 3 is 2.55 bits per heavy atom. The van der Waals surface area contributed by atoms with Crippen molar-refractivity contribution >= 4 is 49.1 Å². The summed E-state index contributed by atoms with van der Waals surface area (Å²) in [5, 5.41) is 0. The van der Waals surface area contributed by atoms with Crippen LogP contribution in [0.5, 0.6) is 0 Å². The van der Waals surface area contributed by atoms with Gasteiger partial charge in [-0.05, 0) is 48.6 Å². The number of aromatic nitrogens is 1. The van der Waals surface area contributed by atoms with Crippen LogP contribution in [0.3, 0.4) is 0 Å². The molecule has 9 heteroatoms. The van der Waals surface area contributed by atoms with Crippen LogP contribution in [0, 0.1) is 0 Å². The summed E-state index contributed by atoms with van der Waals surface area (Å²) in [6.45, 7) is 5.63. The Labute approximate surface area is 190 Å². The Hall–Kier alpha value is -1.94. The van der Waals surface area contributed by atoms with E-state index in [1.165, 1.54) is 22.5 Å². The first kappa shape index (κ1) is 23.7. The topological polar surface area (TPSA) is 77.7 Å². The van der Waals surface area contributed by atoms with E-state index >= 15 is 0 Å². The fourth-order valence-electron chi connectivity index (χ4n) is 3.08. The third-order valence-electron chi connectivity index (χ3n) is 4.56. The zero-order valence-electron chi connectivity index (χ0n) is 17.8. The lowest BCUT2D eigenvalue weighted by atomic mass is 10.1. The molecule has 0 unspecified atom stereocenters. The molecule has 0 bridgehead atoms. The van der Waals surface area contributed by atoms with E-state index in [9.17, 15) is 13.2 Å². The lowest BCUT2D eigenvalue weighted by Gasteiger charge is -2.06. The summed E-state index contributed by atoms with van der Waals surface area (Å²) >= 11 is 3.07. The zero-order valence-corrected chi connectivity index (χ0v) is 20.3. The number of amides is 1. The summed E-state index contributed by atoms with van der Waals surface area (Å²) in [6, 6.07) is 12.9. The number of rotatable bonds is 9. The second kappa shape index (κ2) is 10.6. The van der Waals surface area contributed by atoms with Crippen molar-refractivity contribution in [1.82, 2.24) is 4.57 Å². The Bertz CT molecular complexity index is 1230. The average molecular weight is 479 g/mol. The number of carbonyl (C=O) groups excluding carboxylic acids is 1. The molecule has 0 N–H and O–H groups in total. The number of sulfone groups is 1. The van der Waals surface area contributed by atoms with Crippen molar-refractivity contribution in [2.75, 3.05) is 25.2 Å². The normalized spacial score (nSPS) is 12.5. The van der Waals surface area contributed by atoms with Gasteiger partial charge in [-0.15, -0.1) is 11.8 Å². The van der Waals surface area contributed by atoms with Gasteiger partial charge in [0.25, 0.3) is 5.91 Å². The van der Waals surface area contributed by atoms with Crippen LogP contribution in [0.15, 0.2) is 57.2 Å². The number of thioether (sulfide) groups is 1. The van der Waals surface area contributed by atoms with E-state index in [1.807, 2.05) is 35.8 Å². The minimum absolute atomic E-state index is 0.214. The van der Waals surface area contributed by atoms with E-state index in [2.05, 4.69) is 11.9 Å². The molecule has 0 radical (unpaired) electrons. The van der Waals surface area contributed by atoms with Gasteiger partial charge < -0.3 is 9.30 Å². The number of hydrogen-bond donors (Lipinski definition) is 0. The standard InChI is InChI=1S/C22H26N2O4S3/c1-4-28-13-12-24-19-11-10-18(31(3,26)27)15-20(19)30-22(24)23-21(25)14-16-6-8-17(9-7-16)29-5-2/h6-11,15H,4-5,12-14H2,1-3H3. The average Bonchev–Trinajstić information content (AvgIpc) is 3.05. The largest absolute Gasteiger partial charge is 0.380 e. The second-order valence-electron chi connectivity index (χ2n) is 6.89. The number of fused-ring (bicyclic) bond motifs is 1. The first-order valence-electron chi connectivity index (χ1n) is 10.0. The summed E-state index contributed by atoms with van der Waals surface area (Å²) in [7, 11) is -3.32. The molecule has 1 amide bonds. The molecule has 0 saturated heterocycles. The minimum Gasteiger partial charge on any atom is -0.380 e. The van der Waals surface area contributed by atoms with Crippen molar-refractivity contribution in [3.05, 3.63) is 52.8 Å². The van der Waals surface area contributed by atoms with Crippen molar-refractivity contribution in [2.45, 2.75) is 36.6 Å². The Morgan fingerprint density at radius 2 is 1.90 bits per heavy atom. The third-order valence-corrected chi connectivity index (χ3v) is 7.60. The predicted octanol–water partition coefficient (Wildman–Crippen LogP) is 3.92. The molecule has 0 aliphatic heterocycles. The first-order valence-corrected chi connectivity index (χ1v) is 13.7. The van der Waals surface area contributed by atoms with E-state index < -0.39 is 9.84 Å². The fraction of sp³-hybridized carbons (Fsp3) is 0.364. The molecule has 166 valence electrons. The molecule has 1 aromatic heterocycles. The maximum absolute atomic E-state index is 12.7. The zero-order chi connectivity index (χ0) is 22.4. The number of nitrogens with zero attached hydrogens (tertiary/aromatic N) is 2. The van der Waals surface area contributed by atoms with Gasteiger partial charge in [-0.3, -0.25) is 4.79 Å². The summed E-state index contributed by atoms with van der Waals surface area (Å²) in [5.41, 5.74) is 1.75. The first-order chi connectivity index (χ1) is 14.8. The van der Waals surface area contributed by atoms with Gasteiger partial charge in [-0.1, -0.05) is 30.4 Å². The van der Waals surface area contributed by atoms with Crippen LogP contribution in [0.2, 0.25) is 0 Å². The highest BCUT2D eigenvalue weighted by Gasteiger charge is 2.13. The molecular formula is C22H26N2O4S3. The van der Waals surface area contributed by atoms with E-state index in [-0.39, 0.29) is 17.2 Å². The lowest BCUT2D eigenvalue weighted by Crippen LogP contribution is -2.20. The minimum atomic E-state index is -3.32. The molecule has 6 nitrogen and oxygen atoms in total. The van der Waals surface area contributed by atoms with E-state index in [4.69, 9.17) is 4.74 Å². The maximum Gasteiger partial charge on any atom is 0.252 e. The Balaban J connectivity index is 1.94. The van der Waals surface area contributed by atoms with Crippen molar-refractivity contribution in [3.63, 3.8) is 0 Å². The van der Waals surface area contributed by atoms with Gasteiger partial charge in [-0.2, -0.15) is 4.99 Å². The SMILES string of the molecule is CCOCCn1c(=NC(=O)Cc2ccc(SCC)cc2)sc2cc(S(C)(=O)=O)ccc21. The van der Waals surface area contributed by atoms with Crippen LogP contribution in [-0.2, 0) is 32.3 Å². The van der Waals surface area contributed by atoms with Crippen LogP contribution in [0.25, 0.3) is 10.2 Å². The molecule has 0 fully saturated rings. The molecule has 0 saturated carbocycles. The summed E-state index contributed by atoms with van der Waals surface area (Å²) in [5.74, 6) is 0.762. The van der Waals surface area contributed by atoms with Crippen molar-refractivity contribution in [1.29, 1.82) is 0 Å². The maximum atomic E-state index is 12.7. The molecular weight excluding hydrogens is 452 g/mol. The Morgan fingerprint density at radius 1 is 1.16 bits per heavy atom. The third kappa shape index (κ3) is 6.29. The van der Waals surface area contributed by atoms with Crippen LogP contribution in [0.1, 0.15) is 19.4 Å². The molecule has 1 heterocycles. The van der Waals surface area contributed by atoms with Gasteiger partial charge in [0.1, 0.15) is 0 Å². The van der Waals surface area contributed by atoms with Gasteiger partial charge in [0.05, 0.1) is 28.1 Å². The van der Waals surface area contributed by atoms with Crippen LogP contribution in [-0.4, -0.2) is 44.1 Å². The highest BCUT2D eigenvalue weighted by Crippen LogP contribution is 2.22. The number of ether oxygens (including phenoxy) is 1. The van der Waals surface area contributed by atoms with Crippen molar-refractivity contribution in [2.24, 2.45) is 4.99 Å². The van der Waals surface area contributed by atoms with Crippen molar-refractivity contribution in [3.8, 4) is 0 Å². The van der Waals surface area contributed by atoms with Gasteiger partial charge in [0.2, 0.25) is 0 Å². The summed E-state index contributed by atoms with van der Waals surface area (Å²) < 4.78 is 32.0. The van der Waals surface area contributed by atoms with E-state index in [0.29, 0.717) is 24.6 Å². The lowest BCUT2D eigenvalue weighted by molar-refractivity contribution is -0.117. The highest BCUT2D eigenvalue weighted by atomic mass is 32.2. The smallest absolute Gasteiger partial charge is 0.252 e. The van der Waals surface area contributed by atoms with Gasteiger partial charge in [-0.25, -0.2) is 8.42 Å². The quantitative estimate of drug-likeness (QED) is 0.344. The molecule has 0 spiro atoms. The predicted molar refractivity (Wildman–Crippen MR) is 127 cm³/mol. The molecule has 31 heavy (non-hydrogen) atoms. The number of hydrogen-bond acceptors (Lipinski definition) is 6. The van der Waals surface area contributed by atoms with E-state index in [0.717, 1.165) is 21.5 Å². The summed E-state index contributed by atoms with van der Waals surface area (Å²) in [6.07, 6.45) is 1.40. The van der Waals surface area contributed by atoms with Crippen LogP contribution >= 0.6 is 23.1 Å². The molecule has 0 aliphatic rings. The second-order valence-corrected chi connectivity index (χ2v) is 11.3. The molecule has 0 aliphatic carbocycles. The molecule has 3 aromatic rings. The fourth-order valence-corrected chi connectivity index (χ4v) is 5.57. The Kier molecular flexibility index (Phi) is 8.10. The highest BCUT2D eigenvalue weighted by molar-refractivity contribution is 7.99. The monoisotopic (exact) mass is 478 g/mol.